The summed E-state index contributed by atoms with van der Waals surface area (Å²) in [6, 6.07) is 8.70. The summed E-state index contributed by atoms with van der Waals surface area (Å²) in [6.45, 7) is 3.26. The van der Waals surface area contributed by atoms with Crippen molar-refractivity contribution in [3.05, 3.63) is 34.9 Å². The van der Waals surface area contributed by atoms with E-state index in [9.17, 15) is 4.21 Å². The number of hydrogen-bond donors (Lipinski definition) is 0. The van der Waals surface area contributed by atoms with E-state index in [0.29, 0.717) is 12.0 Å². The third-order valence-corrected chi connectivity index (χ3v) is 5.58. The van der Waals surface area contributed by atoms with Crippen LogP contribution in [0.1, 0.15) is 31.2 Å². The number of halogens is 1. The van der Waals surface area contributed by atoms with E-state index in [-0.39, 0.29) is 0 Å². The molecular weight excluding hydrogens is 278 g/mol. The first-order valence-corrected chi connectivity index (χ1v) is 8.73. The van der Waals surface area contributed by atoms with Crippen LogP contribution in [0.25, 0.3) is 0 Å². The van der Waals surface area contributed by atoms with Crippen molar-refractivity contribution >= 4 is 22.4 Å². The Kier molecular flexibility index (Phi) is 5.43. The van der Waals surface area contributed by atoms with Crippen LogP contribution in [-0.4, -0.2) is 40.2 Å². The predicted molar refractivity (Wildman–Crippen MR) is 83.4 cm³/mol. The van der Waals surface area contributed by atoms with Gasteiger partial charge in [0.25, 0.3) is 0 Å². The summed E-state index contributed by atoms with van der Waals surface area (Å²) < 4.78 is 11.4. The maximum atomic E-state index is 11.4. The molecule has 0 N–H and O–H groups in total. The standard InChI is InChI=1S/C15H22ClNOS/c1-12(13-4-3-5-14(16)10-13)11-17(2)15-6-8-19(18)9-7-15/h3-5,10,12,15H,6-9,11H2,1-2H3/t12-,15?,19?/m1/s1. The van der Waals surface area contributed by atoms with Crippen LogP contribution in [0.5, 0.6) is 0 Å². The van der Waals surface area contributed by atoms with Gasteiger partial charge in [-0.05, 0) is 43.5 Å². The fourth-order valence-corrected chi connectivity index (χ4v) is 4.19. The molecule has 2 nitrogen and oxygen atoms in total. The average Bonchev–Trinajstić information content (AvgIpc) is 2.39. The van der Waals surface area contributed by atoms with E-state index in [4.69, 9.17) is 11.6 Å². The topological polar surface area (TPSA) is 20.3 Å². The number of rotatable bonds is 4. The Bertz CT molecular complexity index is 442. The fraction of sp³-hybridized carbons (Fsp3) is 0.600. The summed E-state index contributed by atoms with van der Waals surface area (Å²) in [5.74, 6) is 2.19. The molecule has 0 bridgehead atoms. The largest absolute Gasteiger partial charge is 0.303 e. The molecule has 1 heterocycles. The van der Waals surface area contributed by atoms with Crippen molar-refractivity contribution in [2.75, 3.05) is 25.1 Å². The van der Waals surface area contributed by atoms with E-state index in [1.807, 2.05) is 12.1 Å². The lowest BCUT2D eigenvalue weighted by Crippen LogP contribution is -2.39. The number of likely N-dealkylation sites (N-methyl/N-ethyl adjacent to an activating group) is 1. The van der Waals surface area contributed by atoms with E-state index < -0.39 is 10.8 Å². The second-order valence-electron chi connectivity index (χ2n) is 5.47. The molecule has 106 valence electrons. The molecule has 4 heteroatoms. The lowest BCUT2D eigenvalue weighted by atomic mass is 9.99. The van der Waals surface area contributed by atoms with Crippen LogP contribution in [-0.2, 0) is 10.8 Å². The van der Waals surface area contributed by atoms with Crippen molar-refractivity contribution in [3.63, 3.8) is 0 Å². The lowest BCUT2D eigenvalue weighted by molar-refractivity contribution is 0.218. The van der Waals surface area contributed by atoms with Gasteiger partial charge in [-0.3, -0.25) is 4.21 Å². The molecule has 1 saturated heterocycles. The zero-order valence-electron chi connectivity index (χ0n) is 11.6. The van der Waals surface area contributed by atoms with Gasteiger partial charge in [-0.2, -0.15) is 0 Å². The molecule has 0 aromatic heterocycles. The monoisotopic (exact) mass is 299 g/mol. The normalized spacial score (nSPS) is 25.5. The second kappa shape index (κ2) is 6.87. The minimum atomic E-state index is -0.573. The second-order valence-corrected chi connectivity index (χ2v) is 7.61. The quantitative estimate of drug-likeness (QED) is 0.850. The minimum Gasteiger partial charge on any atom is -0.303 e. The first-order chi connectivity index (χ1) is 9.06. The van der Waals surface area contributed by atoms with Crippen molar-refractivity contribution in [2.45, 2.75) is 31.7 Å². The molecule has 1 aliphatic heterocycles. The first kappa shape index (κ1) is 15.0. The molecule has 0 amide bonds. The van der Waals surface area contributed by atoms with Gasteiger partial charge in [0.05, 0.1) is 0 Å². The first-order valence-electron chi connectivity index (χ1n) is 6.87. The van der Waals surface area contributed by atoms with Crippen LogP contribution >= 0.6 is 11.6 Å². The van der Waals surface area contributed by atoms with Gasteiger partial charge in [-0.1, -0.05) is 30.7 Å². The summed E-state index contributed by atoms with van der Waals surface area (Å²) in [7, 11) is 1.61. The molecule has 0 spiro atoms. The lowest BCUT2D eigenvalue weighted by Gasteiger charge is -2.32. The van der Waals surface area contributed by atoms with Gasteiger partial charge < -0.3 is 4.90 Å². The van der Waals surface area contributed by atoms with E-state index >= 15 is 0 Å². The van der Waals surface area contributed by atoms with Crippen LogP contribution in [0.15, 0.2) is 24.3 Å². The molecule has 0 unspecified atom stereocenters. The van der Waals surface area contributed by atoms with Gasteiger partial charge >= 0.3 is 0 Å². The molecule has 1 aliphatic rings. The minimum absolute atomic E-state index is 0.469. The van der Waals surface area contributed by atoms with E-state index in [1.165, 1.54) is 5.56 Å². The zero-order chi connectivity index (χ0) is 13.8. The van der Waals surface area contributed by atoms with Crippen molar-refractivity contribution in [3.8, 4) is 0 Å². The Balaban J connectivity index is 1.91. The zero-order valence-corrected chi connectivity index (χ0v) is 13.2. The van der Waals surface area contributed by atoms with Crippen LogP contribution in [0.3, 0.4) is 0 Å². The molecule has 1 aromatic rings. The maximum Gasteiger partial charge on any atom is 0.0408 e. The number of benzene rings is 1. The van der Waals surface area contributed by atoms with Crippen molar-refractivity contribution < 1.29 is 4.21 Å². The van der Waals surface area contributed by atoms with E-state index in [0.717, 1.165) is 35.9 Å². The predicted octanol–water partition coefficient (Wildman–Crippen LogP) is 3.29. The van der Waals surface area contributed by atoms with Crippen molar-refractivity contribution in [1.82, 2.24) is 4.90 Å². The highest BCUT2D eigenvalue weighted by molar-refractivity contribution is 7.85. The third-order valence-electron chi connectivity index (χ3n) is 3.96. The summed E-state index contributed by atoms with van der Waals surface area (Å²) >= 11 is 6.04. The number of nitrogens with zero attached hydrogens (tertiary/aromatic N) is 1. The Morgan fingerprint density at radius 2 is 2.11 bits per heavy atom. The molecule has 2 rings (SSSR count). The summed E-state index contributed by atoms with van der Waals surface area (Å²) in [5.41, 5.74) is 1.29. The number of hydrogen-bond acceptors (Lipinski definition) is 2. The van der Waals surface area contributed by atoms with Gasteiger partial charge in [0, 0.05) is 39.9 Å². The van der Waals surface area contributed by atoms with Crippen molar-refractivity contribution in [2.24, 2.45) is 0 Å². The summed E-state index contributed by atoms with van der Waals surface area (Å²) in [4.78, 5) is 2.42. The van der Waals surface area contributed by atoms with Gasteiger partial charge in [0.1, 0.15) is 0 Å². The van der Waals surface area contributed by atoms with Gasteiger partial charge in [0.2, 0.25) is 0 Å². The van der Waals surface area contributed by atoms with Gasteiger partial charge in [0.15, 0.2) is 0 Å². The van der Waals surface area contributed by atoms with Crippen LogP contribution in [0, 0.1) is 0 Å². The Morgan fingerprint density at radius 3 is 2.74 bits per heavy atom. The van der Waals surface area contributed by atoms with Gasteiger partial charge in [-0.25, -0.2) is 0 Å². The Morgan fingerprint density at radius 1 is 1.42 bits per heavy atom. The van der Waals surface area contributed by atoms with Crippen LogP contribution in [0.2, 0.25) is 5.02 Å². The average molecular weight is 300 g/mol. The summed E-state index contributed by atoms with van der Waals surface area (Å²) in [6.07, 6.45) is 2.12. The SMILES string of the molecule is C[C@H](CN(C)C1CCS(=O)CC1)c1cccc(Cl)c1. The highest BCUT2D eigenvalue weighted by atomic mass is 35.5. The molecule has 19 heavy (non-hydrogen) atoms. The van der Waals surface area contributed by atoms with E-state index in [1.54, 1.807) is 0 Å². The fourth-order valence-electron chi connectivity index (χ4n) is 2.72. The Hall–Kier alpha value is -0.380. The molecule has 1 aromatic carbocycles. The smallest absolute Gasteiger partial charge is 0.0408 e. The highest BCUT2D eigenvalue weighted by Gasteiger charge is 2.22. The summed E-state index contributed by atoms with van der Waals surface area (Å²) in [5, 5.41) is 0.806. The van der Waals surface area contributed by atoms with Crippen molar-refractivity contribution in [1.29, 1.82) is 0 Å². The third kappa shape index (κ3) is 4.30. The van der Waals surface area contributed by atoms with E-state index in [2.05, 4.69) is 31.0 Å². The van der Waals surface area contributed by atoms with Crippen LogP contribution < -0.4 is 0 Å². The maximum absolute atomic E-state index is 11.4. The van der Waals surface area contributed by atoms with Gasteiger partial charge in [-0.15, -0.1) is 0 Å². The molecule has 0 aliphatic carbocycles. The molecule has 1 fully saturated rings. The molecular formula is C15H22ClNOS. The molecule has 0 saturated carbocycles. The Labute approximate surface area is 123 Å². The highest BCUT2D eigenvalue weighted by Crippen LogP contribution is 2.22. The van der Waals surface area contributed by atoms with Crippen LogP contribution in [0.4, 0.5) is 0 Å². The molecule has 1 atom stereocenters. The molecule has 0 radical (unpaired) electrons.